The predicted molar refractivity (Wildman–Crippen MR) is 67.3 cm³/mol. The molecule has 0 bridgehead atoms. The average molecular weight is 241 g/mol. The molecule has 0 spiro atoms. The van der Waals surface area contributed by atoms with Gasteiger partial charge in [-0.3, -0.25) is 0 Å². The number of benzene rings is 1. The smallest absolute Gasteiger partial charge is 0.260 e. The Bertz CT molecular complexity index is 313. The number of hydrogen-bond acceptors (Lipinski definition) is 1. The van der Waals surface area contributed by atoms with Crippen molar-refractivity contribution in [2.75, 3.05) is 6.54 Å². The van der Waals surface area contributed by atoms with Crippen molar-refractivity contribution in [2.24, 2.45) is 0 Å². The molecular weight excluding hydrogens is 220 g/mol. The lowest BCUT2D eigenvalue weighted by molar-refractivity contribution is 0.0210. The fraction of sp³-hybridized carbons (Fsp3) is 0.571. The first kappa shape index (κ1) is 14.1. The number of alkyl halides is 2. The molecule has 1 atom stereocenters. The van der Waals surface area contributed by atoms with E-state index in [1.54, 1.807) is 12.1 Å². The normalized spacial score (nSPS) is 14.9. The van der Waals surface area contributed by atoms with Crippen LogP contribution in [-0.4, -0.2) is 13.0 Å². The van der Waals surface area contributed by atoms with Crippen LogP contribution >= 0.6 is 0 Å². The maximum absolute atomic E-state index is 13.5. The van der Waals surface area contributed by atoms with E-state index in [9.17, 15) is 8.78 Å². The van der Waals surface area contributed by atoms with Gasteiger partial charge >= 0.3 is 0 Å². The van der Waals surface area contributed by atoms with Gasteiger partial charge in [-0.05, 0) is 24.9 Å². The molecule has 1 nitrogen and oxygen atoms in total. The van der Waals surface area contributed by atoms with E-state index in [0.717, 1.165) is 12.8 Å². The highest BCUT2D eigenvalue weighted by atomic mass is 19.3. The average Bonchev–Trinajstić information content (AvgIpc) is 2.35. The molecule has 96 valence electrons. The van der Waals surface area contributed by atoms with Crippen LogP contribution in [0.2, 0.25) is 0 Å². The fourth-order valence-corrected chi connectivity index (χ4v) is 2.12. The van der Waals surface area contributed by atoms with Crippen molar-refractivity contribution >= 4 is 0 Å². The molecule has 0 aromatic heterocycles. The van der Waals surface area contributed by atoms with Crippen LogP contribution in [0.3, 0.4) is 0 Å². The minimum atomic E-state index is -2.39. The Labute approximate surface area is 102 Å². The van der Waals surface area contributed by atoms with Gasteiger partial charge in [0, 0.05) is 0 Å². The zero-order valence-electron chi connectivity index (χ0n) is 10.5. The summed E-state index contributed by atoms with van der Waals surface area (Å²) in [5.41, 5.74) is -0.503. The van der Waals surface area contributed by atoms with Gasteiger partial charge in [0.15, 0.2) is 0 Å². The Morgan fingerprint density at radius 3 is 2.24 bits per heavy atom. The molecule has 0 aliphatic heterocycles. The number of halogens is 2. The van der Waals surface area contributed by atoms with Crippen LogP contribution in [0, 0.1) is 0 Å². The summed E-state index contributed by atoms with van der Waals surface area (Å²) < 4.78 is 27.0. The molecule has 0 aliphatic carbocycles. The first-order valence-electron chi connectivity index (χ1n) is 6.26. The molecule has 3 heteroatoms. The highest BCUT2D eigenvalue weighted by Crippen LogP contribution is 2.33. The van der Waals surface area contributed by atoms with Crippen molar-refractivity contribution in [1.82, 2.24) is 5.32 Å². The van der Waals surface area contributed by atoms with Crippen LogP contribution in [0.4, 0.5) is 8.78 Å². The summed E-state index contributed by atoms with van der Waals surface area (Å²) >= 11 is 0. The summed E-state index contributed by atoms with van der Waals surface area (Å²) in [6, 6.07) is 9.05. The summed E-state index contributed by atoms with van der Waals surface area (Å²) in [5.74, 6) is 0. The van der Waals surface area contributed by atoms with Crippen LogP contribution in [0.5, 0.6) is 0 Å². The van der Waals surface area contributed by atoms with Crippen molar-refractivity contribution in [2.45, 2.75) is 45.1 Å². The Morgan fingerprint density at radius 1 is 1.12 bits per heavy atom. The summed E-state index contributed by atoms with van der Waals surface area (Å²) in [5, 5.41) is 3.05. The molecule has 0 amide bonds. The first-order chi connectivity index (χ1) is 8.17. The Balaban J connectivity index is 3.05. The van der Waals surface area contributed by atoms with Crippen LogP contribution in [0.15, 0.2) is 30.3 Å². The van der Waals surface area contributed by atoms with Crippen molar-refractivity contribution in [3.63, 3.8) is 0 Å². The lowest BCUT2D eigenvalue weighted by atomic mass is 9.85. The van der Waals surface area contributed by atoms with Gasteiger partial charge in [0.1, 0.15) is 5.54 Å². The maximum Gasteiger partial charge on any atom is 0.260 e. The first-order valence-corrected chi connectivity index (χ1v) is 6.26. The Hall–Kier alpha value is -0.960. The van der Waals surface area contributed by atoms with Gasteiger partial charge in [-0.1, -0.05) is 50.6 Å². The highest BCUT2D eigenvalue weighted by Gasteiger charge is 2.39. The summed E-state index contributed by atoms with van der Waals surface area (Å²) in [4.78, 5) is 0. The van der Waals surface area contributed by atoms with Gasteiger partial charge in [-0.25, -0.2) is 8.78 Å². The second-order valence-corrected chi connectivity index (χ2v) is 4.31. The van der Waals surface area contributed by atoms with Crippen LogP contribution < -0.4 is 5.32 Å². The van der Waals surface area contributed by atoms with Gasteiger partial charge in [0.2, 0.25) is 0 Å². The molecular formula is C14H21F2N. The van der Waals surface area contributed by atoms with E-state index in [1.165, 1.54) is 0 Å². The second kappa shape index (κ2) is 6.70. The molecule has 1 N–H and O–H groups in total. The lowest BCUT2D eigenvalue weighted by Crippen LogP contribution is -2.48. The zero-order chi connectivity index (χ0) is 12.7. The van der Waals surface area contributed by atoms with Crippen molar-refractivity contribution in [1.29, 1.82) is 0 Å². The quantitative estimate of drug-likeness (QED) is 0.762. The standard InChI is InChI=1S/C14H21F2N/c1-3-10-14(13(15)16,17-11-4-2)12-8-6-5-7-9-12/h5-9,13,17H,3-4,10-11H2,1-2H3. The third-order valence-electron chi connectivity index (χ3n) is 3.00. The molecule has 17 heavy (non-hydrogen) atoms. The Morgan fingerprint density at radius 2 is 1.76 bits per heavy atom. The molecule has 0 radical (unpaired) electrons. The van der Waals surface area contributed by atoms with Gasteiger partial charge in [0.25, 0.3) is 6.43 Å². The van der Waals surface area contributed by atoms with E-state index in [2.05, 4.69) is 5.32 Å². The van der Waals surface area contributed by atoms with Crippen LogP contribution in [0.1, 0.15) is 38.7 Å². The van der Waals surface area contributed by atoms with E-state index in [1.807, 2.05) is 32.0 Å². The second-order valence-electron chi connectivity index (χ2n) is 4.31. The number of hydrogen-bond donors (Lipinski definition) is 1. The molecule has 1 aromatic rings. The summed E-state index contributed by atoms with van der Waals surface area (Å²) in [6.07, 6.45) is -0.355. The molecule has 1 rings (SSSR count). The largest absolute Gasteiger partial charge is 0.303 e. The third-order valence-corrected chi connectivity index (χ3v) is 3.00. The van der Waals surface area contributed by atoms with E-state index in [0.29, 0.717) is 18.5 Å². The van der Waals surface area contributed by atoms with Crippen molar-refractivity contribution in [3.05, 3.63) is 35.9 Å². The molecule has 1 aromatic carbocycles. The minimum Gasteiger partial charge on any atom is -0.303 e. The van der Waals surface area contributed by atoms with Gasteiger partial charge in [-0.15, -0.1) is 0 Å². The fourth-order valence-electron chi connectivity index (χ4n) is 2.12. The van der Waals surface area contributed by atoms with Gasteiger partial charge in [0.05, 0.1) is 0 Å². The van der Waals surface area contributed by atoms with Gasteiger partial charge in [-0.2, -0.15) is 0 Å². The maximum atomic E-state index is 13.5. The summed E-state index contributed by atoms with van der Waals surface area (Å²) in [6.45, 7) is 4.53. The van der Waals surface area contributed by atoms with E-state index < -0.39 is 12.0 Å². The molecule has 0 saturated heterocycles. The van der Waals surface area contributed by atoms with Crippen molar-refractivity contribution in [3.8, 4) is 0 Å². The van der Waals surface area contributed by atoms with E-state index in [4.69, 9.17) is 0 Å². The summed E-state index contributed by atoms with van der Waals surface area (Å²) in [7, 11) is 0. The number of nitrogens with one attached hydrogen (secondary N) is 1. The SMILES string of the molecule is CCCNC(CCC)(c1ccccc1)C(F)F. The van der Waals surface area contributed by atoms with E-state index in [-0.39, 0.29) is 0 Å². The van der Waals surface area contributed by atoms with Crippen LogP contribution in [-0.2, 0) is 5.54 Å². The zero-order valence-corrected chi connectivity index (χ0v) is 10.5. The minimum absolute atomic E-state index is 0.453. The molecule has 0 heterocycles. The Kier molecular flexibility index (Phi) is 5.56. The third kappa shape index (κ3) is 3.25. The highest BCUT2D eigenvalue weighted by molar-refractivity contribution is 5.25. The molecule has 0 fully saturated rings. The van der Waals surface area contributed by atoms with Crippen molar-refractivity contribution < 1.29 is 8.78 Å². The topological polar surface area (TPSA) is 12.0 Å². The van der Waals surface area contributed by atoms with Crippen LogP contribution in [0.25, 0.3) is 0 Å². The predicted octanol–water partition coefficient (Wildman–Crippen LogP) is 3.95. The molecule has 0 aliphatic rings. The monoisotopic (exact) mass is 241 g/mol. The lowest BCUT2D eigenvalue weighted by Gasteiger charge is -2.34. The van der Waals surface area contributed by atoms with Gasteiger partial charge < -0.3 is 5.32 Å². The number of rotatable bonds is 7. The molecule has 1 unspecified atom stereocenters. The van der Waals surface area contributed by atoms with E-state index >= 15 is 0 Å². The molecule has 0 saturated carbocycles.